The second-order valence-corrected chi connectivity index (χ2v) is 6.91. The van der Waals surface area contributed by atoms with Gasteiger partial charge in [-0.3, -0.25) is 4.79 Å². The van der Waals surface area contributed by atoms with Crippen molar-refractivity contribution in [3.05, 3.63) is 39.9 Å². The molecule has 0 fully saturated rings. The molecule has 5 nitrogen and oxygen atoms in total. The molecular formula is C16H14BrN3O2S. The number of fused-ring (bicyclic) bond motifs is 1. The minimum absolute atomic E-state index is 0.177. The van der Waals surface area contributed by atoms with Gasteiger partial charge in [-0.15, -0.1) is 11.3 Å². The number of carbonyl (C=O) groups is 1. The highest BCUT2D eigenvalue weighted by atomic mass is 79.9. The first-order chi connectivity index (χ1) is 11.1. The van der Waals surface area contributed by atoms with Gasteiger partial charge < -0.3 is 10.4 Å². The smallest absolute Gasteiger partial charge is 0.322 e. The monoisotopic (exact) mass is 391 g/mol. The molecule has 0 unspecified atom stereocenters. The van der Waals surface area contributed by atoms with Crippen molar-refractivity contribution in [3.63, 3.8) is 0 Å². The first kappa shape index (κ1) is 15.9. The second-order valence-electron chi connectivity index (χ2n) is 4.91. The number of rotatable bonds is 5. The average Bonchev–Trinajstić information content (AvgIpc) is 2.92. The lowest BCUT2D eigenvalue weighted by atomic mass is 10.0. The van der Waals surface area contributed by atoms with E-state index < -0.39 is 5.97 Å². The Morgan fingerprint density at radius 1 is 1.30 bits per heavy atom. The van der Waals surface area contributed by atoms with E-state index in [4.69, 9.17) is 5.11 Å². The van der Waals surface area contributed by atoms with E-state index in [9.17, 15) is 4.79 Å². The lowest BCUT2D eigenvalue weighted by molar-refractivity contribution is -0.134. The molecule has 2 aromatic heterocycles. The molecule has 3 aromatic rings. The fourth-order valence-electron chi connectivity index (χ4n) is 2.44. The number of anilines is 1. The van der Waals surface area contributed by atoms with Gasteiger partial charge in [-0.2, -0.15) is 0 Å². The number of nitrogens with one attached hydrogen (secondary N) is 1. The molecule has 3 rings (SSSR count). The average molecular weight is 392 g/mol. The molecule has 0 bridgehead atoms. The Morgan fingerprint density at radius 3 is 2.70 bits per heavy atom. The Hall–Kier alpha value is -1.99. The predicted octanol–water partition coefficient (Wildman–Crippen LogP) is 4.18. The van der Waals surface area contributed by atoms with Crippen molar-refractivity contribution in [1.82, 2.24) is 9.97 Å². The van der Waals surface area contributed by atoms with Crippen LogP contribution in [0.15, 0.2) is 35.1 Å². The molecular weight excluding hydrogens is 378 g/mol. The van der Waals surface area contributed by atoms with Gasteiger partial charge in [0.05, 0.1) is 5.39 Å². The Labute approximate surface area is 145 Å². The largest absolute Gasteiger partial charge is 0.480 e. The van der Waals surface area contributed by atoms with Crippen molar-refractivity contribution in [3.8, 4) is 11.1 Å². The topological polar surface area (TPSA) is 75.1 Å². The maximum Gasteiger partial charge on any atom is 0.322 e. The minimum Gasteiger partial charge on any atom is -0.480 e. The number of halogens is 1. The van der Waals surface area contributed by atoms with Crippen LogP contribution in [0.25, 0.3) is 21.3 Å². The van der Waals surface area contributed by atoms with Crippen molar-refractivity contribution in [2.24, 2.45) is 0 Å². The highest BCUT2D eigenvalue weighted by Gasteiger charge is 2.18. The number of hydrogen-bond acceptors (Lipinski definition) is 5. The van der Waals surface area contributed by atoms with E-state index in [0.29, 0.717) is 5.82 Å². The zero-order valence-corrected chi connectivity index (χ0v) is 14.7. The molecule has 0 saturated carbocycles. The zero-order chi connectivity index (χ0) is 16.4. The second kappa shape index (κ2) is 6.64. The standard InChI is InChI=1S/C16H14BrN3O2S/c1-2-11-13(9-3-5-10(17)6-4-9)14-15(18-7-12(21)22)19-8-20-16(14)23-11/h3-6,8H,2,7H2,1H3,(H,21,22)(H,18,19,20). The van der Waals surface area contributed by atoms with Crippen molar-refractivity contribution < 1.29 is 9.90 Å². The number of aliphatic carboxylic acids is 1. The summed E-state index contributed by atoms with van der Waals surface area (Å²) in [5, 5.41) is 12.7. The van der Waals surface area contributed by atoms with E-state index in [2.05, 4.69) is 38.1 Å². The van der Waals surface area contributed by atoms with Gasteiger partial charge in [0, 0.05) is 14.9 Å². The third kappa shape index (κ3) is 3.20. The lowest BCUT2D eigenvalue weighted by Gasteiger charge is -2.08. The molecule has 2 N–H and O–H groups in total. The van der Waals surface area contributed by atoms with E-state index in [1.165, 1.54) is 11.2 Å². The maximum absolute atomic E-state index is 10.9. The minimum atomic E-state index is -0.923. The summed E-state index contributed by atoms with van der Waals surface area (Å²) in [6.07, 6.45) is 2.35. The SMILES string of the molecule is CCc1sc2ncnc(NCC(=O)O)c2c1-c1ccc(Br)cc1. The fraction of sp³-hybridized carbons (Fsp3) is 0.188. The summed E-state index contributed by atoms with van der Waals surface area (Å²) in [7, 11) is 0. The molecule has 0 radical (unpaired) electrons. The Balaban J connectivity index is 2.21. The summed E-state index contributed by atoms with van der Waals surface area (Å²) in [6, 6.07) is 8.07. The van der Waals surface area contributed by atoms with Gasteiger partial charge >= 0.3 is 5.97 Å². The number of aryl methyl sites for hydroxylation is 1. The van der Waals surface area contributed by atoms with E-state index >= 15 is 0 Å². The quantitative estimate of drug-likeness (QED) is 0.682. The van der Waals surface area contributed by atoms with Crippen molar-refractivity contribution >= 4 is 49.3 Å². The van der Waals surface area contributed by atoms with Gasteiger partial charge in [-0.05, 0) is 24.1 Å². The van der Waals surface area contributed by atoms with Gasteiger partial charge in [-0.1, -0.05) is 35.0 Å². The molecule has 118 valence electrons. The van der Waals surface area contributed by atoms with Crippen LogP contribution in [0.2, 0.25) is 0 Å². The first-order valence-corrected chi connectivity index (χ1v) is 8.69. The molecule has 1 aromatic carbocycles. The van der Waals surface area contributed by atoms with Crippen LogP contribution in [0.5, 0.6) is 0 Å². The summed E-state index contributed by atoms with van der Waals surface area (Å²) in [5.41, 5.74) is 2.15. The molecule has 7 heteroatoms. The van der Waals surface area contributed by atoms with Crippen molar-refractivity contribution in [1.29, 1.82) is 0 Å². The van der Waals surface area contributed by atoms with Gasteiger partial charge in [0.25, 0.3) is 0 Å². The van der Waals surface area contributed by atoms with Gasteiger partial charge in [0.15, 0.2) is 0 Å². The van der Waals surface area contributed by atoms with Crippen LogP contribution in [0.4, 0.5) is 5.82 Å². The van der Waals surface area contributed by atoms with Crippen LogP contribution in [0, 0.1) is 0 Å². The van der Waals surface area contributed by atoms with Crippen LogP contribution in [0.1, 0.15) is 11.8 Å². The summed E-state index contributed by atoms with van der Waals surface area (Å²) in [6.45, 7) is 1.92. The highest BCUT2D eigenvalue weighted by Crippen LogP contribution is 2.41. The van der Waals surface area contributed by atoms with Crippen LogP contribution < -0.4 is 5.32 Å². The van der Waals surface area contributed by atoms with Gasteiger partial charge in [-0.25, -0.2) is 9.97 Å². The Bertz CT molecular complexity index is 862. The number of carboxylic acids is 1. The van der Waals surface area contributed by atoms with E-state index in [1.807, 2.05) is 24.3 Å². The van der Waals surface area contributed by atoms with Crippen LogP contribution >= 0.6 is 27.3 Å². The Morgan fingerprint density at radius 2 is 2.04 bits per heavy atom. The third-order valence-electron chi connectivity index (χ3n) is 3.42. The third-order valence-corrected chi connectivity index (χ3v) is 5.19. The number of benzene rings is 1. The molecule has 0 atom stereocenters. The van der Waals surface area contributed by atoms with Crippen LogP contribution in [-0.4, -0.2) is 27.6 Å². The van der Waals surface area contributed by atoms with E-state index in [1.54, 1.807) is 11.3 Å². The van der Waals surface area contributed by atoms with Gasteiger partial charge in [0.1, 0.15) is 23.5 Å². The first-order valence-electron chi connectivity index (χ1n) is 7.08. The maximum atomic E-state index is 10.9. The lowest BCUT2D eigenvalue weighted by Crippen LogP contribution is -2.13. The number of thiophene rings is 1. The molecule has 0 aliphatic rings. The zero-order valence-electron chi connectivity index (χ0n) is 12.3. The number of nitrogens with zero attached hydrogens (tertiary/aromatic N) is 2. The summed E-state index contributed by atoms with van der Waals surface area (Å²) in [4.78, 5) is 21.5. The fourth-order valence-corrected chi connectivity index (χ4v) is 3.81. The molecule has 2 heterocycles. The van der Waals surface area contributed by atoms with E-state index in [0.717, 1.165) is 32.2 Å². The van der Waals surface area contributed by atoms with Gasteiger partial charge in [0.2, 0.25) is 0 Å². The number of hydrogen-bond donors (Lipinski definition) is 2. The highest BCUT2D eigenvalue weighted by molar-refractivity contribution is 9.10. The normalized spacial score (nSPS) is 10.9. The molecule has 0 saturated heterocycles. The summed E-state index contributed by atoms with van der Waals surface area (Å²) in [5.74, 6) is -0.362. The van der Waals surface area contributed by atoms with Crippen LogP contribution in [-0.2, 0) is 11.2 Å². The summed E-state index contributed by atoms with van der Waals surface area (Å²) >= 11 is 5.07. The van der Waals surface area contributed by atoms with E-state index in [-0.39, 0.29) is 6.54 Å². The number of aromatic nitrogens is 2. The molecule has 0 amide bonds. The predicted molar refractivity (Wildman–Crippen MR) is 96.1 cm³/mol. The van der Waals surface area contributed by atoms with Crippen molar-refractivity contribution in [2.45, 2.75) is 13.3 Å². The molecule has 0 aliphatic carbocycles. The Kier molecular flexibility index (Phi) is 4.58. The molecule has 0 aliphatic heterocycles. The molecule has 0 spiro atoms. The molecule has 23 heavy (non-hydrogen) atoms. The summed E-state index contributed by atoms with van der Waals surface area (Å²) < 4.78 is 1.01. The van der Waals surface area contributed by atoms with Crippen molar-refractivity contribution in [2.75, 3.05) is 11.9 Å². The number of carboxylic acid groups (broad SMARTS) is 1. The van der Waals surface area contributed by atoms with Crippen LogP contribution in [0.3, 0.4) is 0 Å².